The standard InChI is InChI=1S/C16H22N4O/c1-16(2)11-20(9-8-15-17-12-19-21-15)14(10-18-16)13-6-4-3-5-7-13/h3-7,12,14,18H,8-11H2,1-2H3. The predicted molar refractivity (Wildman–Crippen MR) is 80.8 cm³/mol. The molecule has 1 atom stereocenters. The number of benzene rings is 1. The van der Waals surface area contributed by atoms with Gasteiger partial charge < -0.3 is 9.84 Å². The Morgan fingerprint density at radius 3 is 2.86 bits per heavy atom. The van der Waals surface area contributed by atoms with Gasteiger partial charge in [0.1, 0.15) is 0 Å². The van der Waals surface area contributed by atoms with E-state index in [1.54, 1.807) is 0 Å². The molecule has 1 saturated heterocycles. The summed E-state index contributed by atoms with van der Waals surface area (Å²) in [5, 5.41) is 7.31. The van der Waals surface area contributed by atoms with Gasteiger partial charge in [-0.1, -0.05) is 35.5 Å². The van der Waals surface area contributed by atoms with Crippen molar-refractivity contribution in [1.29, 1.82) is 0 Å². The maximum atomic E-state index is 5.11. The van der Waals surface area contributed by atoms with Gasteiger partial charge in [-0.05, 0) is 19.4 Å². The fraction of sp³-hybridized carbons (Fsp3) is 0.500. The van der Waals surface area contributed by atoms with Crippen LogP contribution in [0.2, 0.25) is 0 Å². The van der Waals surface area contributed by atoms with Crippen LogP contribution in [0.5, 0.6) is 0 Å². The van der Waals surface area contributed by atoms with Crippen LogP contribution in [0.1, 0.15) is 31.3 Å². The van der Waals surface area contributed by atoms with E-state index in [9.17, 15) is 0 Å². The largest absolute Gasteiger partial charge is 0.340 e. The van der Waals surface area contributed by atoms with Crippen LogP contribution in [0.4, 0.5) is 0 Å². The van der Waals surface area contributed by atoms with Crippen molar-refractivity contribution in [1.82, 2.24) is 20.4 Å². The van der Waals surface area contributed by atoms with Gasteiger partial charge in [0.25, 0.3) is 0 Å². The van der Waals surface area contributed by atoms with Crippen LogP contribution in [-0.2, 0) is 6.42 Å². The van der Waals surface area contributed by atoms with Gasteiger partial charge in [-0.15, -0.1) is 0 Å². The first-order valence-corrected chi connectivity index (χ1v) is 7.44. The molecule has 0 bridgehead atoms. The van der Waals surface area contributed by atoms with Crippen LogP contribution in [0.15, 0.2) is 41.2 Å². The molecule has 1 aliphatic rings. The number of aromatic nitrogens is 2. The highest BCUT2D eigenvalue weighted by Gasteiger charge is 2.33. The number of piperazine rings is 1. The lowest BCUT2D eigenvalue weighted by Gasteiger charge is -2.44. The summed E-state index contributed by atoms with van der Waals surface area (Å²) in [5.74, 6) is 0.707. The van der Waals surface area contributed by atoms with Crippen molar-refractivity contribution in [3.63, 3.8) is 0 Å². The Morgan fingerprint density at radius 1 is 1.33 bits per heavy atom. The van der Waals surface area contributed by atoms with Gasteiger partial charge >= 0.3 is 0 Å². The Labute approximate surface area is 125 Å². The summed E-state index contributed by atoms with van der Waals surface area (Å²) in [6.07, 6.45) is 2.26. The third-order valence-electron chi connectivity index (χ3n) is 4.02. The van der Waals surface area contributed by atoms with Gasteiger partial charge in [-0.2, -0.15) is 4.98 Å². The molecule has 1 aromatic carbocycles. The van der Waals surface area contributed by atoms with Gasteiger partial charge in [-0.3, -0.25) is 4.90 Å². The molecule has 0 saturated carbocycles. The number of hydrogen-bond acceptors (Lipinski definition) is 5. The SMILES string of the molecule is CC1(C)CN(CCc2ncno2)C(c2ccccc2)CN1. The van der Waals surface area contributed by atoms with Gasteiger partial charge in [0.2, 0.25) is 5.89 Å². The van der Waals surface area contributed by atoms with Crippen molar-refractivity contribution < 1.29 is 4.52 Å². The molecule has 1 unspecified atom stereocenters. The lowest BCUT2D eigenvalue weighted by molar-refractivity contribution is 0.0939. The molecule has 5 nitrogen and oxygen atoms in total. The smallest absolute Gasteiger partial charge is 0.227 e. The second-order valence-electron chi connectivity index (χ2n) is 6.25. The summed E-state index contributed by atoms with van der Waals surface area (Å²) < 4.78 is 5.11. The van der Waals surface area contributed by atoms with E-state index in [0.717, 1.165) is 26.1 Å². The zero-order valence-corrected chi connectivity index (χ0v) is 12.6. The summed E-state index contributed by atoms with van der Waals surface area (Å²) in [7, 11) is 0. The predicted octanol–water partition coefficient (Wildman–Crippen LogP) is 2.04. The zero-order valence-electron chi connectivity index (χ0n) is 12.6. The Morgan fingerprint density at radius 2 is 2.14 bits per heavy atom. The highest BCUT2D eigenvalue weighted by molar-refractivity contribution is 5.20. The molecular weight excluding hydrogens is 264 g/mol. The molecule has 0 aliphatic carbocycles. The average molecular weight is 286 g/mol. The van der Waals surface area contributed by atoms with E-state index in [1.165, 1.54) is 11.9 Å². The molecule has 1 aliphatic heterocycles. The first-order valence-electron chi connectivity index (χ1n) is 7.44. The zero-order chi connectivity index (χ0) is 14.7. The van der Waals surface area contributed by atoms with E-state index < -0.39 is 0 Å². The van der Waals surface area contributed by atoms with E-state index in [4.69, 9.17) is 4.52 Å². The van der Waals surface area contributed by atoms with Crippen LogP contribution < -0.4 is 5.32 Å². The third-order valence-corrected chi connectivity index (χ3v) is 4.02. The minimum Gasteiger partial charge on any atom is -0.340 e. The number of nitrogens with one attached hydrogen (secondary N) is 1. The minimum absolute atomic E-state index is 0.125. The van der Waals surface area contributed by atoms with Crippen molar-refractivity contribution in [2.45, 2.75) is 31.8 Å². The van der Waals surface area contributed by atoms with E-state index in [2.05, 4.69) is 64.5 Å². The molecule has 1 aromatic heterocycles. The Balaban J connectivity index is 1.74. The maximum Gasteiger partial charge on any atom is 0.227 e. The summed E-state index contributed by atoms with van der Waals surface area (Å²) >= 11 is 0. The fourth-order valence-corrected chi connectivity index (χ4v) is 2.96. The topological polar surface area (TPSA) is 54.2 Å². The molecule has 5 heteroatoms. The van der Waals surface area contributed by atoms with Crippen LogP contribution in [0.25, 0.3) is 0 Å². The summed E-state index contributed by atoms with van der Waals surface area (Å²) in [4.78, 5) is 6.62. The van der Waals surface area contributed by atoms with Crippen LogP contribution >= 0.6 is 0 Å². The number of hydrogen-bond donors (Lipinski definition) is 1. The molecule has 0 radical (unpaired) electrons. The van der Waals surface area contributed by atoms with Crippen LogP contribution in [0, 0.1) is 0 Å². The molecule has 2 heterocycles. The Bertz CT molecular complexity index is 553. The van der Waals surface area contributed by atoms with Crippen molar-refractivity contribution in [3.8, 4) is 0 Å². The molecule has 1 N–H and O–H groups in total. The van der Waals surface area contributed by atoms with Gasteiger partial charge in [-0.25, -0.2) is 0 Å². The summed E-state index contributed by atoms with van der Waals surface area (Å²) in [6, 6.07) is 11.1. The first kappa shape index (κ1) is 14.2. The molecule has 1 fully saturated rings. The first-order chi connectivity index (χ1) is 10.1. The van der Waals surface area contributed by atoms with Crippen molar-refractivity contribution in [3.05, 3.63) is 48.1 Å². The second kappa shape index (κ2) is 5.95. The van der Waals surface area contributed by atoms with Gasteiger partial charge in [0.15, 0.2) is 6.33 Å². The average Bonchev–Trinajstić information content (AvgIpc) is 2.98. The minimum atomic E-state index is 0.125. The maximum absolute atomic E-state index is 5.11. The summed E-state index contributed by atoms with van der Waals surface area (Å²) in [6.45, 7) is 7.37. The van der Waals surface area contributed by atoms with Gasteiger partial charge in [0.05, 0.1) is 0 Å². The highest BCUT2D eigenvalue weighted by atomic mass is 16.5. The normalized spacial score (nSPS) is 22.3. The van der Waals surface area contributed by atoms with Crippen molar-refractivity contribution in [2.75, 3.05) is 19.6 Å². The van der Waals surface area contributed by atoms with Crippen molar-refractivity contribution >= 4 is 0 Å². The molecule has 2 aromatic rings. The van der Waals surface area contributed by atoms with E-state index in [0.29, 0.717) is 11.9 Å². The quantitative estimate of drug-likeness (QED) is 0.932. The van der Waals surface area contributed by atoms with Crippen LogP contribution in [0.3, 0.4) is 0 Å². The summed E-state index contributed by atoms with van der Waals surface area (Å²) in [5.41, 5.74) is 1.48. The monoisotopic (exact) mass is 286 g/mol. The van der Waals surface area contributed by atoms with Crippen molar-refractivity contribution in [2.24, 2.45) is 0 Å². The molecule has 0 spiro atoms. The lowest BCUT2D eigenvalue weighted by atomic mass is 9.94. The third kappa shape index (κ3) is 3.49. The fourth-order valence-electron chi connectivity index (χ4n) is 2.96. The molecule has 0 amide bonds. The molecule has 3 rings (SSSR count). The molecular formula is C16H22N4O. The van der Waals surface area contributed by atoms with E-state index in [1.807, 2.05) is 0 Å². The second-order valence-corrected chi connectivity index (χ2v) is 6.25. The lowest BCUT2D eigenvalue weighted by Crippen LogP contribution is -2.58. The van der Waals surface area contributed by atoms with Crippen LogP contribution in [-0.4, -0.2) is 40.2 Å². The van der Waals surface area contributed by atoms with E-state index in [-0.39, 0.29) is 5.54 Å². The Hall–Kier alpha value is -1.72. The van der Waals surface area contributed by atoms with E-state index >= 15 is 0 Å². The number of rotatable bonds is 4. The Kier molecular flexibility index (Phi) is 4.03. The molecule has 112 valence electrons. The number of nitrogens with zero attached hydrogens (tertiary/aromatic N) is 3. The molecule has 21 heavy (non-hydrogen) atoms. The highest BCUT2D eigenvalue weighted by Crippen LogP contribution is 2.26. The van der Waals surface area contributed by atoms with Gasteiger partial charge in [0, 0.05) is 37.6 Å².